The molecule has 1 saturated heterocycles. The van der Waals surface area contributed by atoms with Gasteiger partial charge < -0.3 is 14.7 Å². The highest BCUT2D eigenvalue weighted by atomic mass is 19.4. The topological polar surface area (TPSA) is 49.8 Å². The molecule has 1 fully saturated rings. The van der Waals surface area contributed by atoms with Crippen molar-refractivity contribution < 1.29 is 27.8 Å². The Morgan fingerprint density at radius 2 is 1.81 bits per heavy atom. The van der Waals surface area contributed by atoms with E-state index < -0.39 is 17.8 Å². The van der Waals surface area contributed by atoms with Crippen LogP contribution in [0.25, 0.3) is 0 Å². The van der Waals surface area contributed by atoms with Crippen LogP contribution in [0.2, 0.25) is 0 Å². The van der Waals surface area contributed by atoms with E-state index in [9.17, 15) is 18.0 Å². The van der Waals surface area contributed by atoms with Crippen molar-refractivity contribution >= 4 is 6.09 Å². The molecule has 1 heterocycles. The van der Waals surface area contributed by atoms with Gasteiger partial charge in [-0.15, -0.1) is 0 Å². The zero-order chi connectivity index (χ0) is 15.5. The minimum atomic E-state index is -4.33. The van der Waals surface area contributed by atoms with Crippen LogP contribution in [0.15, 0.2) is 24.3 Å². The highest BCUT2D eigenvalue weighted by Crippen LogP contribution is 2.29. The molecule has 7 heteroatoms. The summed E-state index contributed by atoms with van der Waals surface area (Å²) in [5.41, 5.74) is -0.00956. The number of rotatable bonds is 3. The van der Waals surface area contributed by atoms with Gasteiger partial charge >= 0.3 is 12.3 Å². The van der Waals surface area contributed by atoms with Gasteiger partial charge in [0.15, 0.2) is 0 Å². The Morgan fingerprint density at radius 3 is 2.29 bits per heavy atom. The van der Waals surface area contributed by atoms with Crippen molar-refractivity contribution in [3.05, 3.63) is 35.4 Å². The summed E-state index contributed by atoms with van der Waals surface area (Å²) in [7, 11) is 0. The fourth-order valence-corrected chi connectivity index (χ4v) is 2.22. The van der Waals surface area contributed by atoms with E-state index in [1.165, 1.54) is 17.0 Å². The maximum atomic E-state index is 12.4. The molecule has 21 heavy (non-hydrogen) atoms. The molecule has 0 saturated carbocycles. The van der Waals surface area contributed by atoms with E-state index in [1.54, 1.807) is 0 Å². The number of hydrogen-bond acceptors (Lipinski definition) is 2. The summed E-state index contributed by atoms with van der Waals surface area (Å²) in [5, 5.41) is 8.82. The van der Waals surface area contributed by atoms with Crippen LogP contribution in [0.3, 0.4) is 0 Å². The number of nitrogens with zero attached hydrogens (tertiary/aromatic N) is 1. The first kappa shape index (κ1) is 15.6. The Morgan fingerprint density at radius 1 is 1.24 bits per heavy atom. The molecule has 1 aromatic rings. The van der Waals surface area contributed by atoms with Crippen molar-refractivity contribution in [2.24, 2.45) is 0 Å². The third kappa shape index (κ3) is 4.35. The van der Waals surface area contributed by atoms with Crippen LogP contribution < -0.4 is 0 Å². The average molecular weight is 303 g/mol. The highest BCUT2D eigenvalue weighted by Gasteiger charge is 2.30. The van der Waals surface area contributed by atoms with Gasteiger partial charge in [0, 0.05) is 13.1 Å². The molecule has 1 aliphatic heterocycles. The van der Waals surface area contributed by atoms with Crippen molar-refractivity contribution in [3.63, 3.8) is 0 Å². The molecule has 0 aliphatic carbocycles. The molecule has 0 spiro atoms. The minimum Gasteiger partial charge on any atom is -0.465 e. The van der Waals surface area contributed by atoms with Crippen LogP contribution in [0.1, 0.15) is 24.0 Å². The zero-order valence-corrected chi connectivity index (χ0v) is 11.3. The standard InChI is InChI=1S/C14H16F3NO3/c15-14(16,17)11-3-1-10(2-4-11)9-21-12-5-7-18(8-6-12)13(19)20/h1-4,12H,5-9H2,(H,19,20). The zero-order valence-electron chi connectivity index (χ0n) is 11.3. The van der Waals surface area contributed by atoms with Gasteiger partial charge in [0.2, 0.25) is 0 Å². The molecule has 0 radical (unpaired) electrons. The van der Waals surface area contributed by atoms with Gasteiger partial charge in [0.25, 0.3) is 0 Å². The lowest BCUT2D eigenvalue weighted by Crippen LogP contribution is -2.40. The monoisotopic (exact) mass is 303 g/mol. The van der Waals surface area contributed by atoms with E-state index in [0.29, 0.717) is 31.5 Å². The van der Waals surface area contributed by atoms with Crippen LogP contribution in [0.4, 0.5) is 18.0 Å². The van der Waals surface area contributed by atoms with E-state index in [-0.39, 0.29) is 12.7 Å². The van der Waals surface area contributed by atoms with Crippen molar-refractivity contribution in [3.8, 4) is 0 Å². The van der Waals surface area contributed by atoms with Gasteiger partial charge in [0.1, 0.15) is 0 Å². The van der Waals surface area contributed by atoms with Crippen molar-refractivity contribution in [2.45, 2.75) is 31.7 Å². The van der Waals surface area contributed by atoms with Crippen LogP contribution in [-0.4, -0.2) is 35.3 Å². The van der Waals surface area contributed by atoms with Gasteiger partial charge in [0.05, 0.1) is 18.3 Å². The molecule has 0 unspecified atom stereocenters. The summed E-state index contributed by atoms with van der Waals surface area (Å²) in [6.45, 7) is 1.08. The first-order valence-electron chi connectivity index (χ1n) is 6.62. The van der Waals surface area contributed by atoms with Crippen LogP contribution in [-0.2, 0) is 17.5 Å². The maximum absolute atomic E-state index is 12.4. The summed E-state index contributed by atoms with van der Waals surface area (Å²) in [5.74, 6) is 0. The number of ether oxygens (including phenoxy) is 1. The SMILES string of the molecule is O=C(O)N1CCC(OCc2ccc(C(F)(F)F)cc2)CC1. The van der Waals surface area contributed by atoms with Gasteiger partial charge in [-0.3, -0.25) is 0 Å². The Bertz CT molecular complexity index is 479. The van der Waals surface area contributed by atoms with Gasteiger partial charge in [-0.25, -0.2) is 4.79 Å². The van der Waals surface area contributed by atoms with E-state index in [4.69, 9.17) is 9.84 Å². The Labute approximate surface area is 120 Å². The number of carbonyl (C=O) groups is 1. The number of alkyl halides is 3. The van der Waals surface area contributed by atoms with Crippen LogP contribution in [0.5, 0.6) is 0 Å². The fourth-order valence-electron chi connectivity index (χ4n) is 2.22. The predicted octanol–water partition coefficient (Wildman–Crippen LogP) is 3.36. The lowest BCUT2D eigenvalue weighted by Gasteiger charge is -2.29. The quantitative estimate of drug-likeness (QED) is 0.931. The largest absolute Gasteiger partial charge is 0.465 e. The predicted molar refractivity (Wildman–Crippen MR) is 68.9 cm³/mol. The summed E-state index contributed by atoms with van der Waals surface area (Å²) >= 11 is 0. The van der Waals surface area contributed by atoms with Gasteiger partial charge in [-0.1, -0.05) is 12.1 Å². The summed E-state index contributed by atoms with van der Waals surface area (Å²) in [6, 6.07) is 4.86. The van der Waals surface area contributed by atoms with E-state index in [1.807, 2.05) is 0 Å². The number of likely N-dealkylation sites (tertiary alicyclic amines) is 1. The molecule has 0 atom stereocenters. The lowest BCUT2D eigenvalue weighted by molar-refractivity contribution is -0.137. The molecule has 1 aliphatic rings. The van der Waals surface area contributed by atoms with Crippen molar-refractivity contribution in [2.75, 3.05) is 13.1 Å². The smallest absolute Gasteiger partial charge is 0.416 e. The molecular formula is C14H16F3NO3. The van der Waals surface area contributed by atoms with Gasteiger partial charge in [-0.05, 0) is 30.5 Å². The lowest BCUT2D eigenvalue weighted by atomic mass is 10.1. The number of benzene rings is 1. The third-order valence-electron chi connectivity index (χ3n) is 3.48. The first-order valence-corrected chi connectivity index (χ1v) is 6.62. The summed E-state index contributed by atoms with van der Waals surface area (Å²) < 4.78 is 42.9. The van der Waals surface area contributed by atoms with E-state index >= 15 is 0 Å². The van der Waals surface area contributed by atoms with Crippen molar-refractivity contribution in [1.82, 2.24) is 4.90 Å². The van der Waals surface area contributed by atoms with E-state index in [0.717, 1.165) is 12.1 Å². The molecule has 0 bridgehead atoms. The highest BCUT2D eigenvalue weighted by molar-refractivity contribution is 5.64. The van der Waals surface area contributed by atoms with Crippen molar-refractivity contribution in [1.29, 1.82) is 0 Å². The molecule has 0 aromatic heterocycles. The third-order valence-corrected chi connectivity index (χ3v) is 3.48. The molecule has 1 aromatic carbocycles. The maximum Gasteiger partial charge on any atom is 0.416 e. The molecule has 2 rings (SSSR count). The minimum absolute atomic E-state index is 0.0529. The molecule has 4 nitrogen and oxygen atoms in total. The first-order chi connectivity index (χ1) is 9.86. The number of amides is 1. The molecule has 116 valence electrons. The van der Waals surface area contributed by atoms with E-state index in [2.05, 4.69) is 0 Å². The average Bonchev–Trinajstić information content (AvgIpc) is 2.45. The Kier molecular flexibility index (Phi) is 4.72. The number of piperidine rings is 1. The number of halogens is 3. The fraction of sp³-hybridized carbons (Fsp3) is 0.500. The second-order valence-corrected chi connectivity index (χ2v) is 4.97. The Balaban J connectivity index is 1.80. The normalized spacial score (nSPS) is 17.0. The Hall–Kier alpha value is -1.76. The van der Waals surface area contributed by atoms with Gasteiger partial charge in [-0.2, -0.15) is 13.2 Å². The molecular weight excluding hydrogens is 287 g/mol. The number of carboxylic acid groups (broad SMARTS) is 1. The summed E-state index contributed by atoms with van der Waals surface area (Å²) in [4.78, 5) is 12.1. The molecule has 1 amide bonds. The second-order valence-electron chi connectivity index (χ2n) is 4.97. The summed E-state index contributed by atoms with van der Waals surface area (Å²) in [6.07, 6.45) is -4.11. The number of hydrogen-bond donors (Lipinski definition) is 1. The molecule has 1 N–H and O–H groups in total. The van der Waals surface area contributed by atoms with Crippen LogP contribution in [0, 0.1) is 0 Å². The second kappa shape index (κ2) is 6.34. The van der Waals surface area contributed by atoms with Crippen LogP contribution >= 0.6 is 0 Å².